The molecule has 0 fully saturated rings. The molecule has 0 saturated heterocycles. The third-order valence-corrected chi connectivity index (χ3v) is 5.33. The van der Waals surface area contributed by atoms with E-state index in [9.17, 15) is 9.59 Å². The number of anilines is 2. The van der Waals surface area contributed by atoms with E-state index in [0.29, 0.717) is 17.9 Å². The number of para-hydroxylation sites is 1. The molecule has 4 rings (SSSR count). The van der Waals surface area contributed by atoms with Crippen molar-refractivity contribution in [2.24, 2.45) is 0 Å². The SMILES string of the molecule is Cc1ccc(NC(=O)c2nc(C(=O)Nc3ccccc3)c3n2CCCC3)cc1C. The minimum atomic E-state index is -0.296. The van der Waals surface area contributed by atoms with Crippen molar-refractivity contribution in [3.05, 3.63) is 76.9 Å². The molecule has 0 atom stereocenters. The Hall–Kier alpha value is -3.41. The van der Waals surface area contributed by atoms with E-state index in [1.807, 2.05) is 66.9 Å². The second-order valence-electron chi connectivity index (χ2n) is 7.41. The highest BCUT2D eigenvalue weighted by Crippen LogP contribution is 2.23. The topological polar surface area (TPSA) is 76.0 Å². The van der Waals surface area contributed by atoms with E-state index in [-0.39, 0.29) is 17.6 Å². The van der Waals surface area contributed by atoms with Crippen LogP contribution in [0.1, 0.15) is 50.8 Å². The van der Waals surface area contributed by atoms with Gasteiger partial charge >= 0.3 is 0 Å². The van der Waals surface area contributed by atoms with Gasteiger partial charge in [0.25, 0.3) is 11.8 Å². The lowest BCUT2D eigenvalue weighted by molar-refractivity contribution is 0.101. The van der Waals surface area contributed by atoms with Gasteiger partial charge in [0.15, 0.2) is 11.5 Å². The molecule has 2 heterocycles. The summed E-state index contributed by atoms with van der Waals surface area (Å²) in [5.41, 5.74) is 4.86. The van der Waals surface area contributed by atoms with Gasteiger partial charge in [0.1, 0.15) is 0 Å². The summed E-state index contributed by atoms with van der Waals surface area (Å²) in [4.78, 5) is 30.3. The normalized spacial score (nSPS) is 12.9. The fraction of sp³-hybridized carbons (Fsp3) is 0.261. The Balaban J connectivity index is 1.62. The fourth-order valence-electron chi connectivity index (χ4n) is 3.62. The van der Waals surface area contributed by atoms with Gasteiger partial charge in [0, 0.05) is 17.9 Å². The van der Waals surface area contributed by atoms with Crippen molar-refractivity contribution < 1.29 is 9.59 Å². The lowest BCUT2D eigenvalue weighted by atomic mass is 10.1. The zero-order valence-electron chi connectivity index (χ0n) is 16.7. The second-order valence-corrected chi connectivity index (χ2v) is 7.41. The Morgan fingerprint density at radius 1 is 0.897 bits per heavy atom. The highest BCUT2D eigenvalue weighted by Gasteiger charge is 2.27. The number of nitrogens with one attached hydrogen (secondary N) is 2. The van der Waals surface area contributed by atoms with Crippen molar-refractivity contribution in [2.45, 2.75) is 39.7 Å². The van der Waals surface area contributed by atoms with Crippen molar-refractivity contribution >= 4 is 23.2 Å². The van der Waals surface area contributed by atoms with E-state index >= 15 is 0 Å². The molecular formula is C23H24N4O2. The van der Waals surface area contributed by atoms with Crippen LogP contribution in [-0.4, -0.2) is 21.4 Å². The predicted molar refractivity (Wildman–Crippen MR) is 113 cm³/mol. The third kappa shape index (κ3) is 3.92. The molecule has 148 valence electrons. The van der Waals surface area contributed by atoms with Crippen LogP contribution in [0.15, 0.2) is 48.5 Å². The first-order chi connectivity index (χ1) is 14.0. The zero-order valence-corrected chi connectivity index (χ0v) is 16.7. The van der Waals surface area contributed by atoms with Crippen molar-refractivity contribution in [3.63, 3.8) is 0 Å². The molecule has 0 radical (unpaired) electrons. The first kappa shape index (κ1) is 18.9. The number of carbonyl (C=O) groups excluding carboxylic acids is 2. The number of rotatable bonds is 4. The highest BCUT2D eigenvalue weighted by molar-refractivity contribution is 6.07. The van der Waals surface area contributed by atoms with Gasteiger partial charge in [-0.15, -0.1) is 0 Å². The third-order valence-electron chi connectivity index (χ3n) is 5.33. The molecule has 1 aliphatic heterocycles. The lowest BCUT2D eigenvalue weighted by Gasteiger charge is -2.17. The van der Waals surface area contributed by atoms with E-state index in [1.54, 1.807) is 0 Å². The van der Waals surface area contributed by atoms with Crippen molar-refractivity contribution in [1.29, 1.82) is 0 Å². The summed E-state index contributed by atoms with van der Waals surface area (Å²) in [6.45, 7) is 4.73. The Kier molecular flexibility index (Phi) is 5.16. The number of nitrogens with zero attached hydrogens (tertiary/aromatic N) is 2. The summed E-state index contributed by atoms with van der Waals surface area (Å²) in [6, 6.07) is 15.1. The molecule has 0 saturated carbocycles. The molecule has 1 aromatic heterocycles. The molecule has 3 aromatic rings. The minimum absolute atomic E-state index is 0.285. The van der Waals surface area contributed by atoms with Crippen LogP contribution in [0.3, 0.4) is 0 Å². The Morgan fingerprint density at radius 2 is 1.66 bits per heavy atom. The average Bonchev–Trinajstić information content (AvgIpc) is 3.11. The van der Waals surface area contributed by atoms with Gasteiger partial charge in [0.2, 0.25) is 0 Å². The maximum Gasteiger partial charge on any atom is 0.291 e. The Labute approximate surface area is 170 Å². The highest BCUT2D eigenvalue weighted by atomic mass is 16.2. The molecule has 0 bridgehead atoms. The number of imidazole rings is 1. The maximum atomic E-state index is 13.0. The van der Waals surface area contributed by atoms with E-state index in [4.69, 9.17) is 0 Å². The maximum absolute atomic E-state index is 13.0. The van der Waals surface area contributed by atoms with Crippen LogP contribution in [0.4, 0.5) is 11.4 Å². The van der Waals surface area contributed by atoms with Gasteiger partial charge in [-0.05, 0) is 68.5 Å². The molecule has 0 unspecified atom stereocenters. The summed E-state index contributed by atoms with van der Waals surface area (Å²) >= 11 is 0. The van der Waals surface area contributed by atoms with Gasteiger partial charge in [0.05, 0.1) is 5.69 Å². The summed E-state index contributed by atoms with van der Waals surface area (Å²) < 4.78 is 1.89. The summed E-state index contributed by atoms with van der Waals surface area (Å²) in [7, 11) is 0. The number of benzene rings is 2. The standard InChI is InChI=1S/C23H24N4O2/c1-15-11-12-18(14-16(15)2)25-23(29)21-26-20(19-10-6-7-13-27(19)21)22(28)24-17-8-4-3-5-9-17/h3-5,8-9,11-12,14H,6-7,10,13H2,1-2H3,(H,24,28)(H,25,29). The van der Waals surface area contributed by atoms with Crippen molar-refractivity contribution in [2.75, 3.05) is 10.6 Å². The van der Waals surface area contributed by atoms with Gasteiger partial charge in [-0.3, -0.25) is 9.59 Å². The zero-order chi connectivity index (χ0) is 20.4. The number of aryl methyl sites for hydroxylation is 2. The quantitative estimate of drug-likeness (QED) is 0.698. The molecule has 1 aliphatic rings. The molecule has 2 N–H and O–H groups in total. The number of amides is 2. The van der Waals surface area contributed by atoms with Gasteiger partial charge in [-0.2, -0.15) is 0 Å². The summed E-state index contributed by atoms with van der Waals surface area (Å²) in [5, 5.41) is 5.80. The molecule has 0 aliphatic carbocycles. The van der Waals surface area contributed by atoms with Crippen LogP contribution in [0.5, 0.6) is 0 Å². The van der Waals surface area contributed by atoms with Gasteiger partial charge < -0.3 is 15.2 Å². The average molecular weight is 388 g/mol. The molecule has 2 amide bonds. The molecular weight excluding hydrogens is 364 g/mol. The molecule has 6 nitrogen and oxygen atoms in total. The number of aromatic nitrogens is 2. The van der Waals surface area contributed by atoms with Crippen molar-refractivity contribution in [1.82, 2.24) is 9.55 Å². The molecule has 6 heteroatoms. The van der Waals surface area contributed by atoms with Crippen LogP contribution >= 0.6 is 0 Å². The lowest BCUT2D eigenvalue weighted by Crippen LogP contribution is -2.21. The first-order valence-corrected chi connectivity index (χ1v) is 9.87. The predicted octanol–water partition coefficient (Wildman–Crippen LogP) is 4.34. The van der Waals surface area contributed by atoms with E-state index in [0.717, 1.165) is 36.2 Å². The van der Waals surface area contributed by atoms with Crippen LogP contribution in [-0.2, 0) is 13.0 Å². The number of hydrogen-bond acceptors (Lipinski definition) is 3. The van der Waals surface area contributed by atoms with Crippen LogP contribution in [0.25, 0.3) is 0 Å². The van der Waals surface area contributed by atoms with Crippen LogP contribution in [0.2, 0.25) is 0 Å². The second kappa shape index (κ2) is 7.91. The van der Waals surface area contributed by atoms with Gasteiger partial charge in [-0.25, -0.2) is 4.98 Å². The number of carbonyl (C=O) groups is 2. The summed E-state index contributed by atoms with van der Waals surface area (Å²) in [5.74, 6) is -0.293. The molecule has 29 heavy (non-hydrogen) atoms. The smallest absolute Gasteiger partial charge is 0.291 e. The Morgan fingerprint density at radius 3 is 2.41 bits per heavy atom. The van der Waals surface area contributed by atoms with Crippen LogP contribution in [0, 0.1) is 13.8 Å². The monoisotopic (exact) mass is 388 g/mol. The molecule has 2 aromatic carbocycles. The van der Waals surface area contributed by atoms with E-state index in [1.165, 1.54) is 5.56 Å². The fourth-order valence-corrected chi connectivity index (χ4v) is 3.62. The largest absolute Gasteiger partial charge is 0.323 e. The number of fused-ring (bicyclic) bond motifs is 1. The summed E-state index contributed by atoms with van der Waals surface area (Å²) in [6.07, 6.45) is 2.68. The van der Waals surface area contributed by atoms with E-state index in [2.05, 4.69) is 15.6 Å². The van der Waals surface area contributed by atoms with Gasteiger partial charge in [-0.1, -0.05) is 24.3 Å². The Bertz CT molecular complexity index is 1070. The first-order valence-electron chi connectivity index (χ1n) is 9.87. The number of hydrogen-bond donors (Lipinski definition) is 2. The minimum Gasteiger partial charge on any atom is -0.323 e. The van der Waals surface area contributed by atoms with E-state index < -0.39 is 0 Å². The van der Waals surface area contributed by atoms with Crippen molar-refractivity contribution in [3.8, 4) is 0 Å². The van der Waals surface area contributed by atoms with Crippen LogP contribution < -0.4 is 10.6 Å². The molecule has 0 spiro atoms.